The van der Waals surface area contributed by atoms with Crippen LogP contribution in [0.3, 0.4) is 0 Å². The quantitative estimate of drug-likeness (QED) is 0.715. The number of fused-ring (bicyclic) bond motifs is 1. The third-order valence-electron chi connectivity index (χ3n) is 3.95. The Bertz CT molecular complexity index is 1060. The Labute approximate surface area is 151 Å². The first-order chi connectivity index (χ1) is 11.9. The van der Waals surface area contributed by atoms with Crippen LogP contribution in [-0.2, 0) is 11.3 Å². The average Bonchev–Trinajstić information content (AvgIpc) is 2.87. The molecule has 0 aliphatic carbocycles. The molecule has 2 heterocycles. The summed E-state index contributed by atoms with van der Waals surface area (Å²) in [5.41, 5.74) is 5.93. The van der Waals surface area contributed by atoms with Crippen LogP contribution in [0.15, 0.2) is 33.9 Å². The van der Waals surface area contributed by atoms with Crippen LogP contribution in [0, 0.1) is 6.92 Å². The molecule has 0 fully saturated rings. The van der Waals surface area contributed by atoms with Crippen LogP contribution in [0.5, 0.6) is 0 Å². The second-order valence-corrected chi connectivity index (χ2v) is 7.36. The van der Waals surface area contributed by atoms with Gasteiger partial charge in [-0.05, 0) is 31.0 Å². The van der Waals surface area contributed by atoms with Gasteiger partial charge in [-0.1, -0.05) is 23.7 Å². The molecule has 25 heavy (non-hydrogen) atoms. The maximum absolute atomic E-state index is 12.9. The van der Waals surface area contributed by atoms with Crippen molar-refractivity contribution in [2.24, 2.45) is 5.73 Å². The smallest absolute Gasteiger partial charge is 0.329 e. The van der Waals surface area contributed by atoms with E-state index in [-0.39, 0.29) is 18.5 Å². The molecule has 2 aromatic heterocycles. The van der Waals surface area contributed by atoms with E-state index in [4.69, 9.17) is 17.3 Å². The molecule has 8 heteroatoms. The van der Waals surface area contributed by atoms with Crippen LogP contribution >= 0.6 is 22.9 Å². The highest BCUT2D eigenvalue weighted by molar-refractivity contribution is 7.19. The number of aryl methyl sites for hydroxylation is 1. The van der Waals surface area contributed by atoms with Crippen molar-refractivity contribution in [1.29, 1.82) is 0 Å². The van der Waals surface area contributed by atoms with Gasteiger partial charge in [0.25, 0.3) is 5.56 Å². The first-order valence-corrected chi connectivity index (χ1v) is 8.88. The van der Waals surface area contributed by atoms with Gasteiger partial charge >= 0.3 is 5.69 Å². The number of H-pyrrole nitrogens is 1. The molecule has 3 rings (SSSR count). The van der Waals surface area contributed by atoms with E-state index in [0.717, 1.165) is 20.6 Å². The first kappa shape index (κ1) is 17.4. The molecule has 0 saturated heterocycles. The van der Waals surface area contributed by atoms with Crippen LogP contribution in [0.2, 0.25) is 5.02 Å². The van der Waals surface area contributed by atoms with Crippen molar-refractivity contribution < 1.29 is 4.79 Å². The number of primary amides is 1. The summed E-state index contributed by atoms with van der Waals surface area (Å²) in [5.74, 6) is -0.459. The van der Waals surface area contributed by atoms with Crippen LogP contribution in [0.1, 0.15) is 17.7 Å². The Balaban J connectivity index is 2.17. The zero-order valence-electron chi connectivity index (χ0n) is 13.5. The highest BCUT2D eigenvalue weighted by Crippen LogP contribution is 2.35. The molecule has 3 N–H and O–H groups in total. The zero-order chi connectivity index (χ0) is 18.1. The largest absolute Gasteiger partial charge is 0.370 e. The molecule has 0 saturated carbocycles. The third kappa shape index (κ3) is 3.38. The third-order valence-corrected chi connectivity index (χ3v) is 5.22. The maximum Gasteiger partial charge on any atom is 0.329 e. The number of nitrogens with zero attached hydrogens (tertiary/aromatic N) is 1. The Morgan fingerprint density at radius 2 is 1.96 bits per heavy atom. The number of carbonyl (C=O) groups excluding carboxylic acids is 1. The minimum Gasteiger partial charge on any atom is -0.370 e. The van der Waals surface area contributed by atoms with Crippen LogP contribution < -0.4 is 17.0 Å². The zero-order valence-corrected chi connectivity index (χ0v) is 15.0. The fourth-order valence-corrected chi connectivity index (χ4v) is 3.99. The highest BCUT2D eigenvalue weighted by atomic mass is 35.5. The molecule has 1 amide bonds. The molecule has 0 bridgehead atoms. The second kappa shape index (κ2) is 6.85. The number of nitrogens with two attached hydrogens (primary N) is 1. The van der Waals surface area contributed by atoms with Gasteiger partial charge in [-0.25, -0.2) is 4.79 Å². The fraction of sp³-hybridized carbons (Fsp3) is 0.235. The minimum absolute atomic E-state index is 0.122. The Morgan fingerprint density at radius 1 is 1.28 bits per heavy atom. The first-order valence-electron chi connectivity index (χ1n) is 7.69. The molecular formula is C17H16ClN3O3S. The van der Waals surface area contributed by atoms with Crippen molar-refractivity contribution in [3.8, 4) is 11.1 Å². The number of thiophene rings is 1. The molecule has 0 aliphatic heterocycles. The minimum atomic E-state index is -0.481. The lowest BCUT2D eigenvalue weighted by Gasteiger charge is -2.06. The Hall–Kier alpha value is -2.38. The molecule has 0 aliphatic rings. The van der Waals surface area contributed by atoms with E-state index >= 15 is 0 Å². The van der Waals surface area contributed by atoms with Crippen molar-refractivity contribution in [3.05, 3.63) is 55.0 Å². The Morgan fingerprint density at radius 3 is 2.60 bits per heavy atom. The summed E-state index contributed by atoms with van der Waals surface area (Å²) < 4.78 is 1.12. The lowest BCUT2D eigenvalue weighted by Crippen LogP contribution is -2.35. The molecular weight excluding hydrogens is 362 g/mol. The lowest BCUT2D eigenvalue weighted by atomic mass is 10.0. The number of carbonyl (C=O) groups is 1. The highest BCUT2D eigenvalue weighted by Gasteiger charge is 2.18. The number of benzene rings is 1. The van der Waals surface area contributed by atoms with Crippen LogP contribution in [0.25, 0.3) is 21.3 Å². The summed E-state index contributed by atoms with van der Waals surface area (Å²) in [4.78, 5) is 40.2. The van der Waals surface area contributed by atoms with E-state index in [1.54, 1.807) is 12.1 Å². The molecule has 3 aromatic rings. The number of hydrogen-bond acceptors (Lipinski definition) is 4. The number of halogens is 1. The summed E-state index contributed by atoms with van der Waals surface area (Å²) in [6.07, 6.45) is 0.458. The predicted octanol–water partition coefficient (Wildman–Crippen LogP) is 2.65. The SMILES string of the molecule is Cc1sc2[nH]c(=O)n(CCCC(N)=O)c(=O)c2c1-c1ccc(Cl)cc1. The van der Waals surface area contributed by atoms with Crippen molar-refractivity contribution in [1.82, 2.24) is 9.55 Å². The van der Waals surface area contributed by atoms with Crippen molar-refractivity contribution in [3.63, 3.8) is 0 Å². The van der Waals surface area contributed by atoms with Gasteiger partial charge in [0.15, 0.2) is 0 Å². The summed E-state index contributed by atoms with van der Waals surface area (Å²) >= 11 is 7.31. The lowest BCUT2D eigenvalue weighted by molar-refractivity contribution is -0.118. The van der Waals surface area contributed by atoms with Gasteiger partial charge in [0.2, 0.25) is 5.91 Å². The van der Waals surface area contributed by atoms with E-state index in [2.05, 4.69) is 4.98 Å². The van der Waals surface area contributed by atoms with Crippen molar-refractivity contribution in [2.75, 3.05) is 0 Å². The summed E-state index contributed by atoms with van der Waals surface area (Å²) in [7, 11) is 0. The molecule has 0 spiro atoms. The topological polar surface area (TPSA) is 97.9 Å². The second-order valence-electron chi connectivity index (χ2n) is 5.70. The normalized spacial score (nSPS) is 11.1. The molecule has 6 nitrogen and oxygen atoms in total. The van der Waals surface area contributed by atoms with Gasteiger partial charge in [0.05, 0.1) is 5.39 Å². The van der Waals surface area contributed by atoms with E-state index in [0.29, 0.717) is 21.7 Å². The molecule has 0 unspecified atom stereocenters. The fourth-order valence-electron chi connectivity index (χ4n) is 2.81. The van der Waals surface area contributed by atoms with E-state index in [9.17, 15) is 14.4 Å². The monoisotopic (exact) mass is 377 g/mol. The van der Waals surface area contributed by atoms with Crippen molar-refractivity contribution in [2.45, 2.75) is 26.3 Å². The van der Waals surface area contributed by atoms with Gasteiger partial charge in [-0.2, -0.15) is 0 Å². The van der Waals surface area contributed by atoms with Gasteiger partial charge < -0.3 is 5.73 Å². The molecule has 0 atom stereocenters. The summed E-state index contributed by atoms with van der Waals surface area (Å²) in [6, 6.07) is 7.21. The van der Waals surface area contributed by atoms with Gasteiger partial charge in [-0.3, -0.25) is 19.1 Å². The maximum atomic E-state index is 12.9. The van der Waals surface area contributed by atoms with Gasteiger partial charge in [-0.15, -0.1) is 11.3 Å². The number of rotatable bonds is 5. The number of hydrogen-bond donors (Lipinski definition) is 2. The van der Waals surface area contributed by atoms with E-state index in [1.807, 2.05) is 19.1 Å². The van der Waals surface area contributed by atoms with Crippen molar-refractivity contribution >= 4 is 39.1 Å². The number of amides is 1. The standard InChI is InChI=1S/C17H16ClN3O3S/c1-9-13(10-4-6-11(18)7-5-10)14-15(25-9)20-17(24)21(16(14)23)8-2-3-12(19)22/h4-7H,2-3,8H2,1H3,(H2,19,22)(H,20,24). The summed E-state index contributed by atoms with van der Waals surface area (Å²) in [5, 5.41) is 1.08. The average molecular weight is 378 g/mol. The van der Waals surface area contributed by atoms with E-state index < -0.39 is 11.6 Å². The summed E-state index contributed by atoms with van der Waals surface area (Å²) in [6.45, 7) is 2.05. The van der Waals surface area contributed by atoms with E-state index in [1.165, 1.54) is 11.3 Å². The number of aromatic amines is 1. The van der Waals surface area contributed by atoms with Gasteiger partial charge in [0.1, 0.15) is 4.83 Å². The molecule has 0 radical (unpaired) electrons. The van der Waals surface area contributed by atoms with Crippen LogP contribution in [0.4, 0.5) is 0 Å². The number of nitrogens with one attached hydrogen (secondary N) is 1. The molecule has 130 valence electrons. The number of aromatic nitrogens is 2. The molecule has 1 aromatic carbocycles. The predicted molar refractivity (Wildman–Crippen MR) is 100 cm³/mol. The Kier molecular flexibility index (Phi) is 4.78. The van der Waals surface area contributed by atoms with Crippen LogP contribution in [-0.4, -0.2) is 15.5 Å². The van der Waals surface area contributed by atoms with Gasteiger partial charge in [0, 0.05) is 28.4 Å².